The Bertz CT molecular complexity index is 685. The van der Waals surface area contributed by atoms with E-state index in [-0.39, 0.29) is 16.5 Å². The molecule has 9 heteroatoms. The van der Waals surface area contributed by atoms with E-state index < -0.39 is 10.0 Å². The van der Waals surface area contributed by atoms with E-state index in [4.69, 9.17) is 10.3 Å². The number of hydrogen-bond acceptors (Lipinski definition) is 6. The fourth-order valence-corrected chi connectivity index (χ4v) is 2.86. The molecule has 0 fully saturated rings. The first-order chi connectivity index (χ1) is 8.31. The van der Waals surface area contributed by atoms with Crippen molar-refractivity contribution in [3.63, 3.8) is 0 Å². The maximum Gasteiger partial charge on any atom is 0.268 e. The highest BCUT2D eigenvalue weighted by Gasteiger charge is 2.25. The molecule has 0 aromatic carbocycles. The van der Waals surface area contributed by atoms with E-state index in [1.54, 1.807) is 20.9 Å². The summed E-state index contributed by atoms with van der Waals surface area (Å²) in [5.41, 5.74) is 6.04. The molecule has 2 aromatic heterocycles. The Morgan fingerprint density at radius 1 is 1.44 bits per heavy atom. The first-order valence-corrected chi connectivity index (χ1v) is 6.55. The predicted molar refractivity (Wildman–Crippen MR) is 64.4 cm³/mol. The van der Waals surface area contributed by atoms with Crippen LogP contribution < -0.4 is 10.5 Å². The van der Waals surface area contributed by atoms with Crippen LogP contribution in [0.4, 0.5) is 11.6 Å². The molecule has 0 amide bonds. The summed E-state index contributed by atoms with van der Waals surface area (Å²) in [6.07, 6.45) is 0. The van der Waals surface area contributed by atoms with Crippen LogP contribution in [0, 0.1) is 13.8 Å². The predicted octanol–water partition coefficient (Wildman–Crippen LogP) is 0.408. The van der Waals surface area contributed by atoms with Crippen molar-refractivity contribution in [2.75, 3.05) is 10.5 Å². The Hall–Kier alpha value is -2.03. The minimum absolute atomic E-state index is 0.0503. The maximum absolute atomic E-state index is 12.1. The zero-order valence-electron chi connectivity index (χ0n) is 10.1. The molecular formula is C9H13N5O3S. The van der Waals surface area contributed by atoms with Crippen LogP contribution in [0.5, 0.6) is 0 Å². The standard InChI is InChI=1S/C9H13N5O3S/c1-5-4-7(12-17-5)13-18(15,16)8-6(2)14(3)11-9(8)10/h4H,1-3H3,(H2,10,11)(H,12,13). The Morgan fingerprint density at radius 3 is 2.56 bits per heavy atom. The monoisotopic (exact) mass is 271 g/mol. The van der Waals surface area contributed by atoms with E-state index in [1.165, 1.54) is 10.7 Å². The molecule has 0 spiro atoms. The van der Waals surface area contributed by atoms with Gasteiger partial charge >= 0.3 is 0 Å². The number of aromatic nitrogens is 3. The number of anilines is 2. The lowest BCUT2D eigenvalue weighted by Gasteiger charge is -2.04. The number of sulfonamides is 1. The average molecular weight is 271 g/mol. The van der Waals surface area contributed by atoms with Crippen LogP contribution in [-0.4, -0.2) is 23.4 Å². The highest BCUT2D eigenvalue weighted by Crippen LogP contribution is 2.23. The largest absolute Gasteiger partial charge is 0.381 e. The fourth-order valence-electron chi connectivity index (χ4n) is 1.55. The summed E-state index contributed by atoms with van der Waals surface area (Å²) in [7, 11) is -2.21. The van der Waals surface area contributed by atoms with Crippen LogP contribution >= 0.6 is 0 Å². The van der Waals surface area contributed by atoms with Gasteiger partial charge in [-0.2, -0.15) is 5.10 Å². The van der Waals surface area contributed by atoms with Crippen molar-refractivity contribution >= 4 is 21.7 Å². The summed E-state index contributed by atoms with van der Waals surface area (Å²) in [5.74, 6) is 0.557. The minimum Gasteiger partial charge on any atom is -0.381 e. The zero-order valence-corrected chi connectivity index (χ0v) is 10.9. The van der Waals surface area contributed by atoms with Crippen molar-refractivity contribution in [3.8, 4) is 0 Å². The number of nitrogens with one attached hydrogen (secondary N) is 1. The second-order valence-electron chi connectivity index (χ2n) is 3.85. The third-order valence-corrected chi connectivity index (χ3v) is 3.96. The molecule has 98 valence electrons. The first-order valence-electron chi connectivity index (χ1n) is 5.06. The summed E-state index contributed by atoms with van der Waals surface area (Å²) in [5, 5.41) is 7.41. The fraction of sp³-hybridized carbons (Fsp3) is 0.333. The third-order valence-electron chi connectivity index (χ3n) is 2.44. The summed E-state index contributed by atoms with van der Waals surface area (Å²) in [6, 6.07) is 1.47. The van der Waals surface area contributed by atoms with E-state index >= 15 is 0 Å². The lowest BCUT2D eigenvalue weighted by atomic mass is 10.5. The molecule has 0 radical (unpaired) electrons. The molecule has 2 rings (SSSR count). The van der Waals surface area contributed by atoms with Crippen molar-refractivity contribution in [2.24, 2.45) is 7.05 Å². The summed E-state index contributed by atoms with van der Waals surface area (Å²) in [4.78, 5) is -0.0503. The van der Waals surface area contributed by atoms with Crippen molar-refractivity contribution < 1.29 is 12.9 Å². The highest BCUT2D eigenvalue weighted by atomic mass is 32.2. The molecule has 0 aliphatic heterocycles. The lowest BCUT2D eigenvalue weighted by Crippen LogP contribution is -2.15. The van der Waals surface area contributed by atoms with Crippen molar-refractivity contribution in [2.45, 2.75) is 18.7 Å². The van der Waals surface area contributed by atoms with Crippen LogP contribution in [-0.2, 0) is 17.1 Å². The molecular weight excluding hydrogens is 258 g/mol. The smallest absolute Gasteiger partial charge is 0.268 e. The van der Waals surface area contributed by atoms with Gasteiger partial charge in [0.1, 0.15) is 5.76 Å². The van der Waals surface area contributed by atoms with Crippen LogP contribution in [0.3, 0.4) is 0 Å². The van der Waals surface area contributed by atoms with Gasteiger partial charge in [-0.05, 0) is 13.8 Å². The molecule has 2 aromatic rings. The Balaban J connectivity index is 2.43. The van der Waals surface area contributed by atoms with E-state index in [0.717, 1.165) is 0 Å². The normalized spacial score (nSPS) is 11.7. The molecule has 0 saturated heterocycles. The SMILES string of the molecule is Cc1cc(NS(=O)(=O)c2c(N)nn(C)c2C)no1. The number of hydrogen-bond donors (Lipinski definition) is 2. The van der Waals surface area contributed by atoms with Gasteiger partial charge in [-0.15, -0.1) is 0 Å². The number of nitrogen functional groups attached to an aromatic ring is 1. The number of aryl methyl sites for hydroxylation is 2. The van der Waals surface area contributed by atoms with Gasteiger partial charge in [-0.1, -0.05) is 5.16 Å². The van der Waals surface area contributed by atoms with E-state index in [2.05, 4.69) is 15.0 Å². The van der Waals surface area contributed by atoms with Gasteiger partial charge in [-0.3, -0.25) is 9.40 Å². The highest BCUT2D eigenvalue weighted by molar-refractivity contribution is 7.93. The van der Waals surface area contributed by atoms with Gasteiger partial charge in [0.2, 0.25) is 0 Å². The third kappa shape index (κ3) is 2.04. The molecule has 2 heterocycles. The van der Waals surface area contributed by atoms with Crippen LogP contribution in [0.25, 0.3) is 0 Å². The van der Waals surface area contributed by atoms with E-state index in [9.17, 15) is 8.42 Å². The Morgan fingerprint density at radius 2 is 2.11 bits per heavy atom. The topological polar surface area (TPSA) is 116 Å². The van der Waals surface area contributed by atoms with E-state index in [1.807, 2.05) is 0 Å². The summed E-state index contributed by atoms with van der Waals surface area (Å²) >= 11 is 0. The summed E-state index contributed by atoms with van der Waals surface area (Å²) < 4.78 is 32.7. The molecule has 0 atom stereocenters. The molecule has 0 saturated carbocycles. The van der Waals surface area contributed by atoms with Crippen LogP contribution in [0.2, 0.25) is 0 Å². The van der Waals surface area contributed by atoms with E-state index in [0.29, 0.717) is 11.5 Å². The average Bonchev–Trinajstić information content (AvgIpc) is 2.72. The van der Waals surface area contributed by atoms with Gasteiger partial charge in [0.05, 0.1) is 5.69 Å². The maximum atomic E-state index is 12.1. The van der Waals surface area contributed by atoms with Crippen LogP contribution in [0.1, 0.15) is 11.5 Å². The minimum atomic E-state index is -3.82. The first kappa shape index (κ1) is 12.4. The van der Waals surface area contributed by atoms with Gasteiger partial charge < -0.3 is 10.3 Å². The van der Waals surface area contributed by atoms with Gasteiger partial charge in [0.25, 0.3) is 10.0 Å². The van der Waals surface area contributed by atoms with Gasteiger partial charge in [0.15, 0.2) is 16.5 Å². The quantitative estimate of drug-likeness (QED) is 0.835. The van der Waals surface area contributed by atoms with Crippen molar-refractivity contribution in [3.05, 3.63) is 17.5 Å². The zero-order chi connectivity index (χ0) is 13.5. The summed E-state index contributed by atoms with van der Waals surface area (Å²) in [6.45, 7) is 3.28. The molecule has 8 nitrogen and oxygen atoms in total. The number of nitrogens with two attached hydrogens (primary N) is 1. The molecule has 18 heavy (non-hydrogen) atoms. The van der Waals surface area contributed by atoms with Crippen LogP contribution in [0.15, 0.2) is 15.5 Å². The Labute approximate surface area is 104 Å². The number of rotatable bonds is 3. The number of nitrogens with zero attached hydrogens (tertiary/aromatic N) is 3. The molecule has 0 bridgehead atoms. The molecule has 0 aliphatic carbocycles. The van der Waals surface area contributed by atoms with Gasteiger partial charge in [-0.25, -0.2) is 8.42 Å². The second-order valence-corrected chi connectivity index (χ2v) is 5.47. The second kappa shape index (κ2) is 4.02. The van der Waals surface area contributed by atoms with Crippen molar-refractivity contribution in [1.29, 1.82) is 0 Å². The van der Waals surface area contributed by atoms with Crippen molar-refractivity contribution in [1.82, 2.24) is 14.9 Å². The molecule has 0 aliphatic rings. The molecule has 3 N–H and O–H groups in total. The van der Waals surface area contributed by atoms with Gasteiger partial charge in [0, 0.05) is 13.1 Å². The molecule has 0 unspecified atom stereocenters. The Kier molecular flexibility index (Phi) is 2.77. The lowest BCUT2D eigenvalue weighted by molar-refractivity contribution is 0.400.